The number of rotatable bonds is 4. The van der Waals surface area contributed by atoms with E-state index >= 15 is 0 Å². The average Bonchev–Trinajstić information content (AvgIpc) is 2.89. The van der Waals surface area contributed by atoms with E-state index in [9.17, 15) is 23.2 Å². The molecule has 2 saturated heterocycles. The Morgan fingerprint density at radius 1 is 1.15 bits per heavy atom. The molecule has 2 heterocycles. The number of amides is 2. The van der Waals surface area contributed by atoms with E-state index < -0.39 is 41.6 Å². The highest BCUT2D eigenvalue weighted by Crippen LogP contribution is 2.53. The predicted octanol–water partition coefficient (Wildman–Crippen LogP) is 0.542. The summed E-state index contributed by atoms with van der Waals surface area (Å²) in [5, 5.41) is 9.02. The zero-order valence-corrected chi connectivity index (χ0v) is 13.4. The normalized spacial score (nSPS) is 29.5. The van der Waals surface area contributed by atoms with Gasteiger partial charge in [0.15, 0.2) is 17.7 Å². The van der Waals surface area contributed by atoms with Crippen LogP contribution in [0.25, 0.3) is 0 Å². The fourth-order valence-electron chi connectivity index (χ4n) is 3.91. The van der Waals surface area contributed by atoms with E-state index in [0.717, 1.165) is 17.0 Å². The van der Waals surface area contributed by atoms with Gasteiger partial charge in [0.25, 0.3) is 5.91 Å². The van der Waals surface area contributed by atoms with Gasteiger partial charge in [-0.2, -0.15) is 0 Å². The number of ether oxygens (including phenoxy) is 1. The zero-order chi connectivity index (χ0) is 18.7. The summed E-state index contributed by atoms with van der Waals surface area (Å²) in [6.07, 6.45) is -2.08. The minimum Gasteiger partial charge on any atom is -0.481 e. The first-order valence-corrected chi connectivity index (χ1v) is 8.02. The van der Waals surface area contributed by atoms with E-state index in [-0.39, 0.29) is 42.8 Å². The molecule has 0 radical (unpaired) electrons. The first-order valence-electron chi connectivity index (χ1n) is 8.02. The number of nitrogens with two attached hydrogens (primary N) is 1. The highest BCUT2D eigenvalue weighted by atomic mass is 19.1. The monoisotopic (exact) mass is 367 g/mol. The number of halogens is 2. The van der Waals surface area contributed by atoms with Gasteiger partial charge in [-0.1, -0.05) is 0 Å². The van der Waals surface area contributed by atoms with Gasteiger partial charge in [-0.25, -0.2) is 13.6 Å². The topological polar surface area (TPSA) is 113 Å². The molecular weight excluding hydrogens is 352 g/mol. The number of hydrogen-bond acceptors (Lipinski definition) is 5. The molecule has 26 heavy (non-hydrogen) atoms. The van der Waals surface area contributed by atoms with Gasteiger partial charge in [0.2, 0.25) is 0 Å². The lowest BCUT2D eigenvalue weighted by atomic mass is 10.2. The van der Waals surface area contributed by atoms with Crippen molar-refractivity contribution in [2.45, 2.75) is 6.10 Å². The van der Waals surface area contributed by atoms with Crippen molar-refractivity contribution in [3.8, 4) is 0 Å². The molecule has 2 aliphatic heterocycles. The summed E-state index contributed by atoms with van der Waals surface area (Å²) in [6, 6.07) is 1.98. The van der Waals surface area contributed by atoms with E-state index in [0.29, 0.717) is 0 Å². The summed E-state index contributed by atoms with van der Waals surface area (Å²) >= 11 is 0. The Hall–Kier alpha value is -2.91. The van der Waals surface area contributed by atoms with Gasteiger partial charge in [-0.3, -0.25) is 14.5 Å². The molecule has 0 bridgehead atoms. The van der Waals surface area contributed by atoms with E-state index in [1.54, 1.807) is 0 Å². The second-order valence-corrected chi connectivity index (χ2v) is 6.74. The number of aliphatic carboxylic acids is 1. The van der Waals surface area contributed by atoms with Gasteiger partial charge in [-0.15, -0.1) is 0 Å². The van der Waals surface area contributed by atoms with Crippen LogP contribution in [0.15, 0.2) is 12.1 Å². The Labute approximate surface area is 146 Å². The molecule has 0 aromatic heterocycles. The number of carbonyl (C=O) groups is 3. The van der Waals surface area contributed by atoms with Gasteiger partial charge in [0.05, 0.1) is 18.2 Å². The SMILES string of the molecule is NC(=O)[C@H]1CN(c2cc(F)c(N3C[C@@H]4C(C(=O)O)[C@@H]4C3)c(F)c2)C(=O)O1. The molecule has 3 fully saturated rings. The first-order chi connectivity index (χ1) is 12.3. The Balaban J connectivity index is 1.54. The number of nitrogens with zero attached hydrogens (tertiary/aromatic N) is 2. The Bertz CT molecular complexity index is 797. The quantitative estimate of drug-likeness (QED) is 0.803. The maximum absolute atomic E-state index is 14.5. The molecule has 0 spiro atoms. The number of fused-ring (bicyclic) bond motifs is 1. The second-order valence-electron chi connectivity index (χ2n) is 6.74. The molecule has 4 atom stereocenters. The van der Waals surface area contributed by atoms with Gasteiger partial charge < -0.3 is 20.5 Å². The van der Waals surface area contributed by atoms with Crippen molar-refractivity contribution < 1.29 is 33.0 Å². The van der Waals surface area contributed by atoms with Crippen LogP contribution < -0.4 is 15.5 Å². The van der Waals surface area contributed by atoms with Crippen LogP contribution in [0, 0.1) is 29.4 Å². The molecular formula is C16H15F2N3O5. The van der Waals surface area contributed by atoms with Crippen molar-refractivity contribution >= 4 is 29.3 Å². The second kappa shape index (κ2) is 5.55. The maximum atomic E-state index is 14.5. The minimum absolute atomic E-state index is 0.0785. The van der Waals surface area contributed by atoms with Crippen LogP contribution in [0.5, 0.6) is 0 Å². The third kappa shape index (κ3) is 2.44. The third-order valence-electron chi connectivity index (χ3n) is 5.24. The van der Waals surface area contributed by atoms with Crippen molar-refractivity contribution in [3.05, 3.63) is 23.8 Å². The smallest absolute Gasteiger partial charge is 0.415 e. The molecule has 1 aliphatic carbocycles. The molecule has 10 heteroatoms. The van der Waals surface area contributed by atoms with Crippen molar-refractivity contribution in [2.24, 2.45) is 23.5 Å². The van der Waals surface area contributed by atoms with E-state index in [1.807, 2.05) is 0 Å². The lowest BCUT2D eigenvalue weighted by Gasteiger charge is -2.24. The van der Waals surface area contributed by atoms with Crippen LogP contribution in [-0.2, 0) is 14.3 Å². The van der Waals surface area contributed by atoms with Crippen molar-refractivity contribution in [1.82, 2.24) is 0 Å². The lowest BCUT2D eigenvalue weighted by Crippen LogP contribution is -2.33. The Kier molecular flexibility index (Phi) is 3.53. The largest absolute Gasteiger partial charge is 0.481 e. The van der Waals surface area contributed by atoms with Crippen LogP contribution in [0.2, 0.25) is 0 Å². The van der Waals surface area contributed by atoms with E-state index in [2.05, 4.69) is 0 Å². The molecule has 1 aromatic rings. The summed E-state index contributed by atoms with van der Waals surface area (Å²) in [5.41, 5.74) is 4.75. The number of hydrogen-bond donors (Lipinski definition) is 2. The molecule has 8 nitrogen and oxygen atoms in total. The van der Waals surface area contributed by atoms with E-state index in [1.165, 1.54) is 4.90 Å². The number of carbonyl (C=O) groups excluding carboxylic acids is 2. The molecule has 1 aromatic carbocycles. The van der Waals surface area contributed by atoms with Crippen molar-refractivity contribution in [2.75, 3.05) is 29.4 Å². The number of benzene rings is 1. The Morgan fingerprint density at radius 3 is 2.19 bits per heavy atom. The summed E-state index contributed by atoms with van der Waals surface area (Å²) in [5.74, 6) is -4.12. The fraction of sp³-hybridized carbons (Fsp3) is 0.438. The van der Waals surface area contributed by atoms with Crippen LogP contribution in [0.4, 0.5) is 25.0 Å². The Morgan fingerprint density at radius 2 is 1.73 bits per heavy atom. The van der Waals surface area contributed by atoms with Crippen LogP contribution in [-0.4, -0.2) is 48.8 Å². The van der Waals surface area contributed by atoms with Gasteiger partial charge in [-0.05, 0) is 11.8 Å². The van der Waals surface area contributed by atoms with Gasteiger partial charge in [0.1, 0.15) is 5.69 Å². The molecule has 3 N–H and O–H groups in total. The van der Waals surface area contributed by atoms with Crippen LogP contribution in [0.3, 0.4) is 0 Å². The number of piperidine rings is 1. The number of cyclic esters (lactones) is 1. The molecule has 3 aliphatic rings. The van der Waals surface area contributed by atoms with E-state index in [4.69, 9.17) is 15.6 Å². The van der Waals surface area contributed by atoms with Gasteiger partial charge >= 0.3 is 12.1 Å². The maximum Gasteiger partial charge on any atom is 0.415 e. The predicted molar refractivity (Wildman–Crippen MR) is 83.5 cm³/mol. The highest BCUT2D eigenvalue weighted by Gasteiger charge is 2.60. The third-order valence-corrected chi connectivity index (χ3v) is 5.24. The summed E-state index contributed by atoms with van der Waals surface area (Å²) in [4.78, 5) is 36.3. The number of carboxylic acids is 1. The standard InChI is InChI=1S/C16H15F2N3O5/c17-9-1-6(21-5-11(14(19)22)26-16(21)25)2-10(18)13(9)20-3-7-8(4-20)12(7)15(23)24/h1-2,7-8,11-12H,3-5H2,(H2,19,22)(H,23,24)/t7-,8+,11-,12?/m1/s1. The summed E-state index contributed by atoms with van der Waals surface area (Å²) < 4.78 is 33.8. The summed E-state index contributed by atoms with van der Waals surface area (Å²) in [7, 11) is 0. The molecule has 2 amide bonds. The van der Waals surface area contributed by atoms with Crippen LogP contribution >= 0.6 is 0 Å². The minimum atomic E-state index is -1.17. The lowest BCUT2D eigenvalue weighted by molar-refractivity contribution is -0.139. The molecule has 4 rings (SSSR count). The molecule has 1 unspecified atom stereocenters. The molecule has 1 saturated carbocycles. The van der Waals surface area contributed by atoms with Crippen LogP contribution in [0.1, 0.15) is 0 Å². The van der Waals surface area contributed by atoms with Crippen molar-refractivity contribution in [1.29, 1.82) is 0 Å². The average molecular weight is 367 g/mol. The fourth-order valence-corrected chi connectivity index (χ4v) is 3.91. The molecule has 138 valence electrons. The first kappa shape index (κ1) is 16.6. The van der Waals surface area contributed by atoms with Gasteiger partial charge in [0, 0.05) is 25.2 Å². The zero-order valence-electron chi connectivity index (χ0n) is 13.4. The number of anilines is 2. The summed E-state index contributed by atoms with van der Waals surface area (Å²) in [6.45, 7) is 0.315. The number of primary amides is 1. The van der Waals surface area contributed by atoms with Crippen molar-refractivity contribution in [3.63, 3.8) is 0 Å². The highest BCUT2D eigenvalue weighted by molar-refractivity contribution is 5.95. The number of carboxylic acid groups (broad SMARTS) is 1.